The van der Waals surface area contributed by atoms with Gasteiger partial charge in [0.25, 0.3) is 0 Å². The van der Waals surface area contributed by atoms with Crippen molar-refractivity contribution in [1.29, 1.82) is 0 Å². The monoisotopic (exact) mass is 299 g/mol. The summed E-state index contributed by atoms with van der Waals surface area (Å²) in [5.41, 5.74) is -0.646. The number of carbonyl (C=O) groups is 1. The molecule has 4 nitrogen and oxygen atoms in total. The third kappa shape index (κ3) is 5.91. The van der Waals surface area contributed by atoms with Crippen molar-refractivity contribution in [1.82, 2.24) is 5.32 Å². The predicted molar refractivity (Wildman–Crippen MR) is 75.6 cm³/mol. The number of amides is 1. The Bertz CT molecular complexity index is 513. The Morgan fingerprint density at radius 2 is 1.90 bits per heavy atom. The number of ether oxygens (including phenoxy) is 1. The first-order valence-corrected chi connectivity index (χ1v) is 6.45. The summed E-state index contributed by atoms with van der Waals surface area (Å²) in [7, 11) is 0. The van der Waals surface area contributed by atoms with E-state index in [1.165, 1.54) is 12.2 Å². The summed E-state index contributed by atoms with van der Waals surface area (Å²) in [5, 5.41) is 11.3. The van der Waals surface area contributed by atoms with Gasteiger partial charge in [-0.1, -0.05) is 12.2 Å². The van der Waals surface area contributed by atoms with Crippen LogP contribution in [0.25, 0.3) is 6.08 Å². The lowest BCUT2D eigenvalue weighted by Crippen LogP contribution is -2.32. The second kappa shape index (κ2) is 7.17. The van der Waals surface area contributed by atoms with E-state index in [9.17, 15) is 13.6 Å². The highest BCUT2D eigenvalue weighted by molar-refractivity contribution is 5.68. The third-order valence-corrected chi connectivity index (χ3v) is 2.39. The molecule has 0 aromatic heterocycles. The van der Waals surface area contributed by atoms with Crippen molar-refractivity contribution in [3.05, 3.63) is 41.0 Å². The van der Waals surface area contributed by atoms with E-state index >= 15 is 0 Å². The summed E-state index contributed by atoms with van der Waals surface area (Å²) in [6.07, 6.45) is 2.43. The smallest absolute Gasteiger partial charge is 0.407 e. The van der Waals surface area contributed by atoms with Crippen LogP contribution in [0.4, 0.5) is 13.6 Å². The van der Waals surface area contributed by atoms with Crippen molar-refractivity contribution in [2.24, 2.45) is 0 Å². The summed E-state index contributed by atoms with van der Waals surface area (Å²) in [6.45, 7) is 4.71. The van der Waals surface area contributed by atoms with Gasteiger partial charge in [-0.25, -0.2) is 13.6 Å². The van der Waals surface area contributed by atoms with E-state index in [0.29, 0.717) is 5.56 Å². The number of hydrogen-bond donors (Lipinski definition) is 2. The van der Waals surface area contributed by atoms with Crippen LogP contribution >= 0.6 is 0 Å². The van der Waals surface area contributed by atoms with Crippen LogP contribution < -0.4 is 5.32 Å². The number of halogens is 2. The van der Waals surface area contributed by atoms with Gasteiger partial charge in [-0.3, -0.25) is 0 Å². The fourth-order valence-electron chi connectivity index (χ4n) is 1.52. The van der Waals surface area contributed by atoms with Crippen LogP contribution in [-0.4, -0.2) is 23.3 Å². The molecule has 0 unspecified atom stereocenters. The van der Waals surface area contributed by atoms with Gasteiger partial charge in [-0.05, 0) is 38.5 Å². The van der Waals surface area contributed by atoms with Crippen LogP contribution in [0.1, 0.15) is 31.9 Å². The SMILES string of the molecule is CC(C)(C)OC(=O)NCC=Cc1cc(F)c(CO)c(F)c1. The average Bonchev–Trinajstić information content (AvgIpc) is 2.32. The molecule has 1 rings (SSSR count). The van der Waals surface area contributed by atoms with Gasteiger partial charge in [0.15, 0.2) is 0 Å². The molecule has 1 aromatic rings. The van der Waals surface area contributed by atoms with Gasteiger partial charge >= 0.3 is 6.09 Å². The van der Waals surface area contributed by atoms with E-state index in [2.05, 4.69) is 5.32 Å². The Kier molecular flexibility index (Phi) is 5.84. The molecule has 0 fully saturated rings. The molecule has 0 aliphatic heterocycles. The van der Waals surface area contributed by atoms with E-state index in [0.717, 1.165) is 12.1 Å². The van der Waals surface area contributed by atoms with Crippen molar-refractivity contribution in [3.63, 3.8) is 0 Å². The van der Waals surface area contributed by atoms with E-state index < -0.39 is 29.9 Å². The maximum Gasteiger partial charge on any atom is 0.407 e. The fraction of sp³-hybridized carbons (Fsp3) is 0.400. The molecule has 1 aromatic carbocycles. The molecule has 2 N–H and O–H groups in total. The summed E-state index contributed by atoms with van der Waals surface area (Å²) in [5.74, 6) is -1.62. The van der Waals surface area contributed by atoms with Crippen molar-refractivity contribution in [2.75, 3.05) is 6.54 Å². The maximum atomic E-state index is 13.4. The molecule has 21 heavy (non-hydrogen) atoms. The highest BCUT2D eigenvalue weighted by Gasteiger charge is 2.15. The number of aliphatic hydroxyl groups is 1. The average molecular weight is 299 g/mol. The first-order chi connectivity index (χ1) is 9.73. The molecule has 0 saturated heterocycles. The third-order valence-electron chi connectivity index (χ3n) is 2.39. The lowest BCUT2D eigenvalue weighted by atomic mass is 10.1. The molecule has 6 heteroatoms. The topological polar surface area (TPSA) is 58.6 Å². The zero-order valence-electron chi connectivity index (χ0n) is 12.2. The number of rotatable bonds is 4. The minimum absolute atomic E-state index is 0.167. The lowest BCUT2D eigenvalue weighted by molar-refractivity contribution is 0.0534. The summed E-state index contributed by atoms with van der Waals surface area (Å²) >= 11 is 0. The van der Waals surface area contributed by atoms with Gasteiger partial charge < -0.3 is 15.2 Å². The fourth-order valence-corrected chi connectivity index (χ4v) is 1.52. The second-order valence-corrected chi connectivity index (χ2v) is 5.41. The first-order valence-electron chi connectivity index (χ1n) is 6.45. The highest BCUT2D eigenvalue weighted by Crippen LogP contribution is 2.16. The standard InChI is InChI=1S/C15H19F2NO3/c1-15(2,3)21-14(20)18-6-4-5-10-7-12(16)11(9-19)13(17)8-10/h4-5,7-8,19H,6,9H2,1-3H3,(H,18,20). The van der Waals surface area contributed by atoms with Crippen LogP contribution in [-0.2, 0) is 11.3 Å². The normalized spacial score (nSPS) is 11.7. The molecule has 0 aliphatic carbocycles. The van der Waals surface area contributed by atoms with Gasteiger partial charge in [-0.15, -0.1) is 0 Å². The zero-order chi connectivity index (χ0) is 16.0. The predicted octanol–water partition coefficient (Wildman–Crippen LogP) is 3.00. The number of alkyl carbamates (subject to hydrolysis) is 1. The molecule has 0 bridgehead atoms. The van der Waals surface area contributed by atoms with Crippen molar-refractivity contribution >= 4 is 12.2 Å². The van der Waals surface area contributed by atoms with Crippen LogP contribution in [0.2, 0.25) is 0 Å². The van der Waals surface area contributed by atoms with Crippen LogP contribution in [0.15, 0.2) is 18.2 Å². The molecule has 0 heterocycles. The molecular formula is C15H19F2NO3. The van der Waals surface area contributed by atoms with Crippen molar-refractivity contribution in [3.8, 4) is 0 Å². The Balaban J connectivity index is 2.57. The summed E-state index contributed by atoms with van der Waals surface area (Å²) < 4.78 is 31.8. The van der Waals surface area contributed by atoms with Gasteiger partial charge in [0.05, 0.1) is 6.61 Å². The quantitative estimate of drug-likeness (QED) is 0.898. The number of aliphatic hydroxyl groups excluding tert-OH is 1. The van der Waals surface area contributed by atoms with Crippen molar-refractivity contribution < 1.29 is 23.4 Å². The van der Waals surface area contributed by atoms with E-state index in [-0.39, 0.29) is 12.1 Å². The zero-order valence-corrected chi connectivity index (χ0v) is 12.2. The number of hydrogen-bond acceptors (Lipinski definition) is 3. The molecule has 0 atom stereocenters. The Morgan fingerprint density at radius 3 is 2.38 bits per heavy atom. The minimum Gasteiger partial charge on any atom is -0.444 e. The molecule has 1 amide bonds. The Hall–Kier alpha value is -1.95. The van der Waals surface area contributed by atoms with Gasteiger partial charge in [0.2, 0.25) is 0 Å². The second-order valence-electron chi connectivity index (χ2n) is 5.41. The summed E-state index contributed by atoms with van der Waals surface area (Å²) in [4.78, 5) is 11.3. The lowest BCUT2D eigenvalue weighted by Gasteiger charge is -2.19. The van der Waals surface area contributed by atoms with Crippen LogP contribution in [0.5, 0.6) is 0 Å². The summed E-state index contributed by atoms with van der Waals surface area (Å²) in [6, 6.07) is 2.22. The molecule has 0 aliphatic rings. The maximum absolute atomic E-state index is 13.4. The number of carbonyl (C=O) groups excluding carboxylic acids is 1. The Labute approximate surface area is 122 Å². The largest absolute Gasteiger partial charge is 0.444 e. The number of benzene rings is 1. The van der Waals surface area contributed by atoms with E-state index in [4.69, 9.17) is 9.84 Å². The van der Waals surface area contributed by atoms with Gasteiger partial charge in [0, 0.05) is 12.1 Å². The van der Waals surface area contributed by atoms with Crippen molar-refractivity contribution in [2.45, 2.75) is 33.0 Å². The van der Waals surface area contributed by atoms with E-state index in [1.54, 1.807) is 20.8 Å². The van der Waals surface area contributed by atoms with Gasteiger partial charge in [-0.2, -0.15) is 0 Å². The molecular weight excluding hydrogens is 280 g/mol. The van der Waals surface area contributed by atoms with E-state index in [1.807, 2.05) is 0 Å². The molecule has 0 saturated carbocycles. The van der Waals surface area contributed by atoms with Crippen LogP contribution in [0.3, 0.4) is 0 Å². The first kappa shape index (κ1) is 17.1. The molecule has 116 valence electrons. The Morgan fingerprint density at radius 1 is 1.33 bits per heavy atom. The molecule has 0 radical (unpaired) electrons. The minimum atomic E-state index is -0.808. The molecule has 0 spiro atoms. The van der Waals surface area contributed by atoms with Crippen LogP contribution in [0, 0.1) is 11.6 Å². The van der Waals surface area contributed by atoms with Gasteiger partial charge in [0.1, 0.15) is 17.2 Å². The highest BCUT2D eigenvalue weighted by atomic mass is 19.1. The number of nitrogens with one attached hydrogen (secondary N) is 1.